The Balaban J connectivity index is 2.99. The lowest BCUT2D eigenvalue weighted by molar-refractivity contribution is -0.219. The van der Waals surface area contributed by atoms with Crippen molar-refractivity contribution < 1.29 is 18.5 Å². The molecule has 0 aromatic carbocycles. The van der Waals surface area contributed by atoms with Crippen molar-refractivity contribution in [3.05, 3.63) is 0 Å². The number of hydrogen-bond acceptors (Lipinski definition) is 4. The van der Waals surface area contributed by atoms with E-state index in [1.807, 2.05) is 55.4 Å². The number of nitrogens with one attached hydrogen (secondary N) is 1. The van der Waals surface area contributed by atoms with E-state index in [2.05, 4.69) is 4.72 Å². The van der Waals surface area contributed by atoms with Gasteiger partial charge >= 0.3 is 5.97 Å². The molecule has 0 aromatic heterocycles. The quantitative estimate of drug-likeness (QED) is 0.804. The highest BCUT2D eigenvalue weighted by molar-refractivity contribution is 7.84. The number of cyclic esters (lactones) is 1. The summed E-state index contributed by atoms with van der Waals surface area (Å²) in [5, 5.41) is 0. The van der Waals surface area contributed by atoms with Gasteiger partial charge in [-0.3, -0.25) is 0 Å². The number of carbonyl (C=O) groups excluding carboxylic acids is 1. The molecule has 4 atom stereocenters. The summed E-state index contributed by atoms with van der Waals surface area (Å²) in [5.74, 6) is -1.30. The van der Waals surface area contributed by atoms with Crippen LogP contribution in [0.3, 0.4) is 0 Å². The maximum Gasteiger partial charge on any atom is 0.339 e. The summed E-state index contributed by atoms with van der Waals surface area (Å²) >= 11 is 0. The van der Waals surface area contributed by atoms with Crippen LogP contribution in [0.2, 0.25) is 0 Å². The molecule has 1 rings (SSSR count). The Hall–Kier alpha value is -0.460. The first-order valence-electron chi connectivity index (χ1n) is 7.78. The molecule has 1 unspecified atom stereocenters. The number of carbonyl (C=O) groups is 1. The van der Waals surface area contributed by atoms with Crippen molar-refractivity contribution in [3.63, 3.8) is 0 Å². The van der Waals surface area contributed by atoms with E-state index in [0.717, 1.165) is 0 Å². The minimum Gasteiger partial charge on any atom is -0.431 e. The number of ether oxygens (including phenoxy) is 2. The lowest BCUT2D eigenvalue weighted by Crippen LogP contribution is -2.51. The molecule has 5 nitrogen and oxygen atoms in total. The van der Waals surface area contributed by atoms with Crippen molar-refractivity contribution in [2.75, 3.05) is 0 Å². The minimum atomic E-state index is -1.28. The molecule has 0 bridgehead atoms. The largest absolute Gasteiger partial charge is 0.431 e. The molecule has 1 fully saturated rings. The van der Waals surface area contributed by atoms with Gasteiger partial charge in [0.2, 0.25) is 5.79 Å². The molecule has 1 aliphatic rings. The average molecular weight is 333 g/mol. The van der Waals surface area contributed by atoms with E-state index in [1.54, 1.807) is 6.92 Å². The highest BCUT2D eigenvalue weighted by Gasteiger charge is 2.54. The van der Waals surface area contributed by atoms with Crippen molar-refractivity contribution in [3.8, 4) is 0 Å². The van der Waals surface area contributed by atoms with E-state index in [4.69, 9.17) is 9.47 Å². The highest BCUT2D eigenvalue weighted by Crippen LogP contribution is 2.41. The van der Waals surface area contributed by atoms with Gasteiger partial charge in [-0.2, -0.15) is 0 Å². The van der Waals surface area contributed by atoms with Gasteiger partial charge in [-0.1, -0.05) is 34.6 Å². The lowest BCUT2D eigenvalue weighted by atomic mass is 9.86. The van der Waals surface area contributed by atoms with Gasteiger partial charge in [0.15, 0.2) is 6.10 Å². The number of hydrogen-bond donors (Lipinski definition) is 1. The van der Waals surface area contributed by atoms with Gasteiger partial charge in [0.25, 0.3) is 0 Å². The zero-order chi connectivity index (χ0) is 17.5. The SMILES string of the molecule is CC(C)[C@@H](NS(=O)C(C)(C)C)[C@H]1O[C@](C)(C(C)(C)C)OC1=O. The maximum absolute atomic E-state index is 12.4. The second-order valence-electron chi connectivity index (χ2n) is 8.42. The van der Waals surface area contributed by atoms with Crippen LogP contribution in [0, 0.1) is 11.3 Å². The van der Waals surface area contributed by atoms with Crippen molar-refractivity contribution in [2.45, 2.75) is 85.0 Å². The fraction of sp³-hybridized carbons (Fsp3) is 0.938. The van der Waals surface area contributed by atoms with Gasteiger partial charge in [-0.05, 0) is 26.7 Å². The molecule has 130 valence electrons. The molecular weight excluding hydrogens is 302 g/mol. The third kappa shape index (κ3) is 4.09. The van der Waals surface area contributed by atoms with E-state index in [-0.39, 0.29) is 17.4 Å². The summed E-state index contributed by atoms with van der Waals surface area (Å²) in [4.78, 5) is 12.3. The normalized spacial score (nSPS) is 29.5. The molecule has 6 heteroatoms. The van der Waals surface area contributed by atoms with Crippen LogP contribution in [0.4, 0.5) is 0 Å². The van der Waals surface area contributed by atoms with E-state index in [0.29, 0.717) is 0 Å². The predicted molar refractivity (Wildman–Crippen MR) is 88.5 cm³/mol. The number of esters is 1. The van der Waals surface area contributed by atoms with Gasteiger partial charge in [0.05, 0.1) is 21.8 Å². The second-order valence-corrected chi connectivity index (χ2v) is 10.4. The van der Waals surface area contributed by atoms with E-state index >= 15 is 0 Å². The smallest absolute Gasteiger partial charge is 0.339 e. The Morgan fingerprint density at radius 2 is 1.68 bits per heavy atom. The Morgan fingerprint density at radius 1 is 1.18 bits per heavy atom. The fourth-order valence-corrected chi connectivity index (χ4v) is 2.96. The minimum absolute atomic E-state index is 0.0752. The van der Waals surface area contributed by atoms with Crippen LogP contribution in [0.1, 0.15) is 62.3 Å². The Kier molecular flexibility index (Phi) is 5.53. The summed E-state index contributed by atoms with van der Waals surface area (Å²) in [6.45, 7) is 17.3. The van der Waals surface area contributed by atoms with Gasteiger partial charge in [0.1, 0.15) is 0 Å². The van der Waals surface area contributed by atoms with Gasteiger partial charge in [-0.15, -0.1) is 0 Å². The monoisotopic (exact) mass is 333 g/mol. The molecule has 22 heavy (non-hydrogen) atoms. The second kappa shape index (κ2) is 6.21. The third-order valence-electron chi connectivity index (χ3n) is 4.09. The first kappa shape index (κ1) is 19.6. The van der Waals surface area contributed by atoms with Crippen LogP contribution in [-0.4, -0.2) is 32.9 Å². The van der Waals surface area contributed by atoms with Crippen molar-refractivity contribution >= 4 is 17.0 Å². The molecule has 0 spiro atoms. The molecular formula is C16H31NO4S. The predicted octanol–water partition coefficient (Wildman–Crippen LogP) is 2.77. The molecule has 1 N–H and O–H groups in total. The Bertz CT molecular complexity index is 450. The van der Waals surface area contributed by atoms with Crippen LogP contribution < -0.4 is 4.72 Å². The van der Waals surface area contributed by atoms with Crippen LogP contribution >= 0.6 is 0 Å². The summed E-state index contributed by atoms with van der Waals surface area (Å²) < 4.78 is 26.6. The number of rotatable bonds is 4. The molecule has 0 aromatic rings. The van der Waals surface area contributed by atoms with E-state index in [1.165, 1.54) is 0 Å². The lowest BCUT2D eigenvalue weighted by Gasteiger charge is -2.36. The maximum atomic E-state index is 12.4. The standard InChI is InChI=1S/C16H31NO4S/c1-10(2)11(17-22(19)15(6,7)8)12-13(18)21-16(9,20-12)14(3,4)5/h10-12,17H,1-9H3/t11-,12-,16+,22?/m1/s1. The van der Waals surface area contributed by atoms with Gasteiger partial charge in [0, 0.05) is 12.3 Å². The topological polar surface area (TPSA) is 64.6 Å². The first-order chi connectivity index (χ1) is 9.69. The molecule has 1 saturated heterocycles. The van der Waals surface area contributed by atoms with Crippen LogP contribution in [0.5, 0.6) is 0 Å². The van der Waals surface area contributed by atoms with E-state index in [9.17, 15) is 9.00 Å². The summed E-state index contributed by atoms with van der Waals surface area (Å²) in [6.07, 6.45) is -0.754. The van der Waals surface area contributed by atoms with Crippen LogP contribution in [0.15, 0.2) is 0 Å². The Labute approximate surface area is 137 Å². The van der Waals surface area contributed by atoms with Crippen LogP contribution in [-0.2, 0) is 25.3 Å². The molecule has 1 aliphatic heterocycles. The summed E-state index contributed by atoms with van der Waals surface area (Å²) in [7, 11) is -1.28. The highest BCUT2D eigenvalue weighted by atomic mass is 32.2. The van der Waals surface area contributed by atoms with Crippen LogP contribution in [0.25, 0.3) is 0 Å². The van der Waals surface area contributed by atoms with Crippen molar-refractivity contribution in [1.82, 2.24) is 4.72 Å². The summed E-state index contributed by atoms with van der Waals surface area (Å²) in [6, 6.07) is -0.364. The molecule has 0 saturated carbocycles. The molecule has 0 radical (unpaired) electrons. The average Bonchev–Trinajstić information content (AvgIpc) is 2.60. The van der Waals surface area contributed by atoms with Crippen molar-refractivity contribution in [1.29, 1.82) is 0 Å². The third-order valence-corrected chi connectivity index (χ3v) is 5.68. The molecule has 0 amide bonds. The Morgan fingerprint density at radius 3 is 2.00 bits per heavy atom. The fourth-order valence-electron chi connectivity index (χ4n) is 1.96. The van der Waals surface area contributed by atoms with Gasteiger partial charge in [-0.25, -0.2) is 13.7 Å². The van der Waals surface area contributed by atoms with Crippen molar-refractivity contribution in [2.24, 2.45) is 11.3 Å². The molecule has 1 heterocycles. The first-order valence-corrected chi connectivity index (χ1v) is 8.93. The molecule has 0 aliphatic carbocycles. The zero-order valence-electron chi connectivity index (χ0n) is 15.3. The van der Waals surface area contributed by atoms with E-state index < -0.39 is 33.6 Å². The van der Waals surface area contributed by atoms with Gasteiger partial charge < -0.3 is 9.47 Å². The summed E-state index contributed by atoms with van der Waals surface area (Å²) in [5.41, 5.74) is -0.345. The zero-order valence-corrected chi connectivity index (χ0v) is 16.1.